The molecule has 1 N–H and O–H groups in total. The summed E-state index contributed by atoms with van der Waals surface area (Å²) in [5, 5.41) is 13.4. The quantitative estimate of drug-likeness (QED) is 0.866. The second-order valence-electron chi connectivity index (χ2n) is 5.86. The van der Waals surface area contributed by atoms with Crippen LogP contribution in [0.3, 0.4) is 0 Å². The molecular weight excluding hydrogens is 258 g/mol. The summed E-state index contributed by atoms with van der Waals surface area (Å²) in [7, 11) is 0. The molecule has 1 saturated carbocycles. The van der Waals surface area contributed by atoms with E-state index in [-0.39, 0.29) is 6.04 Å². The van der Waals surface area contributed by atoms with E-state index >= 15 is 0 Å². The topological polar surface area (TPSA) is 69.8 Å². The van der Waals surface area contributed by atoms with E-state index in [1.807, 2.05) is 13.0 Å². The largest absolute Gasteiger partial charge is 0.480 e. The van der Waals surface area contributed by atoms with Gasteiger partial charge in [0, 0.05) is 38.8 Å². The van der Waals surface area contributed by atoms with E-state index < -0.39 is 5.97 Å². The summed E-state index contributed by atoms with van der Waals surface area (Å²) < 4.78 is 5.07. The van der Waals surface area contributed by atoms with E-state index in [1.165, 1.54) is 0 Å². The molecule has 2 fully saturated rings. The summed E-state index contributed by atoms with van der Waals surface area (Å²) in [5.74, 6) is 0.545. The van der Waals surface area contributed by atoms with Crippen molar-refractivity contribution in [2.24, 2.45) is 5.92 Å². The molecule has 6 heteroatoms. The van der Waals surface area contributed by atoms with Crippen molar-refractivity contribution in [2.75, 3.05) is 26.2 Å². The number of aliphatic carboxylic acids is 1. The zero-order valence-corrected chi connectivity index (χ0v) is 11.8. The van der Waals surface area contributed by atoms with E-state index in [2.05, 4.69) is 15.0 Å². The van der Waals surface area contributed by atoms with Crippen molar-refractivity contribution in [3.63, 3.8) is 0 Å². The van der Waals surface area contributed by atoms with Gasteiger partial charge in [-0.3, -0.25) is 14.6 Å². The summed E-state index contributed by atoms with van der Waals surface area (Å²) >= 11 is 0. The van der Waals surface area contributed by atoms with Crippen molar-refractivity contribution in [1.82, 2.24) is 15.0 Å². The van der Waals surface area contributed by atoms with Gasteiger partial charge in [0.05, 0.1) is 5.69 Å². The molecule has 0 aromatic carbocycles. The molecule has 6 nitrogen and oxygen atoms in total. The Hall–Kier alpha value is -1.40. The fourth-order valence-corrected chi connectivity index (χ4v) is 2.99. The molecule has 1 aromatic rings. The maximum Gasteiger partial charge on any atom is 0.321 e. The van der Waals surface area contributed by atoms with Crippen LogP contribution in [0.25, 0.3) is 0 Å². The molecule has 1 unspecified atom stereocenters. The molecule has 1 saturated heterocycles. The Kier molecular flexibility index (Phi) is 3.76. The average Bonchev–Trinajstić information content (AvgIpc) is 3.15. The van der Waals surface area contributed by atoms with Crippen LogP contribution in [0.4, 0.5) is 0 Å². The van der Waals surface area contributed by atoms with E-state index in [4.69, 9.17) is 4.52 Å². The normalized spacial score (nSPS) is 22.9. The lowest BCUT2D eigenvalue weighted by atomic mass is 10.1. The highest BCUT2D eigenvalue weighted by atomic mass is 16.5. The second kappa shape index (κ2) is 5.54. The molecule has 1 atom stereocenters. The molecule has 1 aliphatic heterocycles. The van der Waals surface area contributed by atoms with E-state index in [0.717, 1.165) is 57.0 Å². The highest BCUT2D eigenvalue weighted by Gasteiger charge is 2.41. The van der Waals surface area contributed by atoms with Gasteiger partial charge >= 0.3 is 5.97 Å². The molecule has 2 heterocycles. The molecule has 1 aromatic heterocycles. The minimum atomic E-state index is -0.659. The first-order chi connectivity index (χ1) is 9.63. The van der Waals surface area contributed by atoms with Gasteiger partial charge < -0.3 is 9.63 Å². The molecule has 20 heavy (non-hydrogen) atoms. The van der Waals surface area contributed by atoms with Gasteiger partial charge in [0.15, 0.2) is 0 Å². The number of piperazine rings is 1. The number of carboxylic acid groups (broad SMARTS) is 1. The van der Waals surface area contributed by atoms with Crippen LogP contribution in [0, 0.1) is 12.8 Å². The van der Waals surface area contributed by atoms with Gasteiger partial charge in [0.25, 0.3) is 0 Å². The number of carboxylic acids is 1. The zero-order valence-electron chi connectivity index (χ0n) is 11.8. The Morgan fingerprint density at radius 2 is 2.15 bits per heavy atom. The molecule has 3 rings (SSSR count). The molecule has 110 valence electrons. The van der Waals surface area contributed by atoms with E-state index in [0.29, 0.717) is 5.92 Å². The fourth-order valence-electron chi connectivity index (χ4n) is 2.99. The van der Waals surface area contributed by atoms with Gasteiger partial charge in [-0.25, -0.2) is 0 Å². The van der Waals surface area contributed by atoms with Crippen molar-refractivity contribution in [3.8, 4) is 0 Å². The SMILES string of the molecule is Cc1cc(CN2CCN(C(C(=O)O)C3CC3)CC2)no1. The van der Waals surface area contributed by atoms with Crippen molar-refractivity contribution < 1.29 is 14.4 Å². The fraction of sp³-hybridized carbons (Fsp3) is 0.714. The van der Waals surface area contributed by atoms with Crippen molar-refractivity contribution in [1.29, 1.82) is 0 Å². The number of hydrogen-bond acceptors (Lipinski definition) is 5. The number of rotatable bonds is 5. The molecule has 0 bridgehead atoms. The van der Waals surface area contributed by atoms with Crippen molar-refractivity contribution in [2.45, 2.75) is 32.4 Å². The van der Waals surface area contributed by atoms with Gasteiger partial charge in [-0.2, -0.15) is 0 Å². The first-order valence-corrected chi connectivity index (χ1v) is 7.25. The second-order valence-corrected chi connectivity index (χ2v) is 5.86. The third kappa shape index (κ3) is 3.02. The van der Waals surface area contributed by atoms with Crippen LogP contribution >= 0.6 is 0 Å². The predicted molar refractivity (Wildman–Crippen MR) is 72.2 cm³/mol. The summed E-state index contributed by atoms with van der Waals surface area (Å²) in [5.41, 5.74) is 0.952. The van der Waals surface area contributed by atoms with Crippen LogP contribution in [-0.4, -0.2) is 58.3 Å². The van der Waals surface area contributed by atoms with Crippen LogP contribution < -0.4 is 0 Å². The standard InChI is InChI=1S/C14H21N3O3/c1-10-8-12(15-20-10)9-16-4-6-17(7-5-16)13(14(18)19)11-2-3-11/h8,11,13H,2-7,9H2,1H3,(H,18,19). The summed E-state index contributed by atoms with van der Waals surface area (Å²) in [6.07, 6.45) is 2.13. The third-order valence-corrected chi connectivity index (χ3v) is 4.18. The smallest absolute Gasteiger partial charge is 0.321 e. The Bertz CT molecular complexity index is 476. The predicted octanol–water partition coefficient (Wildman–Crippen LogP) is 0.964. The Labute approximate surface area is 118 Å². The molecule has 0 spiro atoms. The minimum absolute atomic E-state index is 0.272. The summed E-state index contributed by atoms with van der Waals surface area (Å²) in [4.78, 5) is 15.8. The lowest BCUT2D eigenvalue weighted by Crippen LogP contribution is -2.53. The number of hydrogen-bond donors (Lipinski definition) is 1. The lowest BCUT2D eigenvalue weighted by molar-refractivity contribution is -0.145. The van der Waals surface area contributed by atoms with E-state index in [9.17, 15) is 9.90 Å². The highest BCUT2D eigenvalue weighted by molar-refractivity contribution is 5.74. The van der Waals surface area contributed by atoms with Crippen LogP contribution in [0.2, 0.25) is 0 Å². The number of aromatic nitrogens is 1. The zero-order chi connectivity index (χ0) is 14.1. The van der Waals surface area contributed by atoms with Crippen LogP contribution in [0.15, 0.2) is 10.6 Å². The highest BCUT2D eigenvalue weighted by Crippen LogP contribution is 2.35. The summed E-state index contributed by atoms with van der Waals surface area (Å²) in [6, 6.07) is 1.68. The Balaban J connectivity index is 1.52. The maximum absolute atomic E-state index is 11.4. The number of carbonyl (C=O) groups is 1. The van der Waals surface area contributed by atoms with Gasteiger partial charge in [-0.15, -0.1) is 0 Å². The molecule has 0 radical (unpaired) electrons. The van der Waals surface area contributed by atoms with Gasteiger partial charge in [-0.1, -0.05) is 5.16 Å². The van der Waals surface area contributed by atoms with Crippen LogP contribution in [-0.2, 0) is 11.3 Å². The first kappa shape index (κ1) is 13.6. The third-order valence-electron chi connectivity index (χ3n) is 4.18. The molecule has 2 aliphatic rings. The molecular formula is C14H21N3O3. The number of nitrogens with zero attached hydrogens (tertiary/aromatic N) is 3. The van der Waals surface area contributed by atoms with Gasteiger partial charge in [0.2, 0.25) is 0 Å². The Morgan fingerprint density at radius 3 is 2.65 bits per heavy atom. The molecule has 0 amide bonds. The van der Waals surface area contributed by atoms with Crippen molar-refractivity contribution in [3.05, 3.63) is 17.5 Å². The van der Waals surface area contributed by atoms with Crippen LogP contribution in [0.5, 0.6) is 0 Å². The maximum atomic E-state index is 11.4. The number of aryl methyl sites for hydroxylation is 1. The summed E-state index contributed by atoms with van der Waals surface area (Å²) in [6.45, 7) is 6.10. The minimum Gasteiger partial charge on any atom is -0.480 e. The lowest BCUT2D eigenvalue weighted by Gasteiger charge is -2.37. The first-order valence-electron chi connectivity index (χ1n) is 7.25. The van der Waals surface area contributed by atoms with Crippen LogP contribution in [0.1, 0.15) is 24.3 Å². The van der Waals surface area contributed by atoms with E-state index in [1.54, 1.807) is 0 Å². The van der Waals surface area contributed by atoms with Gasteiger partial charge in [-0.05, 0) is 25.7 Å². The Morgan fingerprint density at radius 1 is 1.45 bits per heavy atom. The molecule has 1 aliphatic carbocycles. The monoisotopic (exact) mass is 279 g/mol. The van der Waals surface area contributed by atoms with Crippen molar-refractivity contribution >= 4 is 5.97 Å². The average molecular weight is 279 g/mol. The van der Waals surface area contributed by atoms with Gasteiger partial charge in [0.1, 0.15) is 11.8 Å².